The number of carbonyl (C=O) groups is 2. The molecule has 1 aliphatic heterocycles. The second-order valence-electron chi connectivity index (χ2n) is 5.54. The molecule has 0 radical (unpaired) electrons. The zero-order chi connectivity index (χ0) is 13.1. The van der Waals surface area contributed by atoms with Crippen LogP contribution in [0, 0.1) is 11.8 Å². The van der Waals surface area contributed by atoms with Crippen molar-refractivity contribution in [1.82, 2.24) is 0 Å². The predicted molar refractivity (Wildman–Crippen MR) is 67.3 cm³/mol. The van der Waals surface area contributed by atoms with Crippen molar-refractivity contribution in [2.75, 3.05) is 14.2 Å². The zero-order valence-corrected chi connectivity index (χ0v) is 12.1. The summed E-state index contributed by atoms with van der Waals surface area (Å²) < 4.78 is 9.46. The van der Waals surface area contributed by atoms with E-state index in [2.05, 4.69) is 13.1 Å². The first-order valence-corrected chi connectivity index (χ1v) is 9.48. The Morgan fingerprint density at radius 2 is 1.71 bits per heavy atom. The molecule has 5 heteroatoms. The topological polar surface area (TPSA) is 52.6 Å². The third-order valence-corrected chi connectivity index (χ3v) is 6.96. The van der Waals surface area contributed by atoms with Gasteiger partial charge in [0, 0.05) is 8.07 Å². The summed E-state index contributed by atoms with van der Waals surface area (Å²) in [6, 6.07) is 2.28. The Bertz CT molecular complexity index is 285. The summed E-state index contributed by atoms with van der Waals surface area (Å²) >= 11 is 0. The molecule has 4 nitrogen and oxygen atoms in total. The van der Waals surface area contributed by atoms with Gasteiger partial charge in [0.15, 0.2) is 5.92 Å². The van der Waals surface area contributed by atoms with E-state index in [-0.39, 0.29) is 5.92 Å². The molecular weight excluding hydrogens is 236 g/mol. The molecule has 0 aromatic heterocycles. The van der Waals surface area contributed by atoms with Gasteiger partial charge in [-0.15, -0.1) is 0 Å². The summed E-state index contributed by atoms with van der Waals surface area (Å²) in [5.74, 6) is -1.52. The summed E-state index contributed by atoms with van der Waals surface area (Å²) in [7, 11) is 1.40. The molecule has 1 unspecified atom stereocenters. The molecule has 1 aliphatic rings. The van der Waals surface area contributed by atoms with Gasteiger partial charge in [-0.2, -0.15) is 0 Å². The normalized spacial score (nSPS) is 23.2. The highest BCUT2D eigenvalue weighted by atomic mass is 28.3. The lowest BCUT2D eigenvalue weighted by Gasteiger charge is -2.35. The quantitative estimate of drug-likeness (QED) is 0.442. The Balaban J connectivity index is 2.83. The van der Waals surface area contributed by atoms with Crippen LogP contribution in [0.25, 0.3) is 0 Å². The lowest BCUT2D eigenvalue weighted by atomic mass is 9.89. The van der Waals surface area contributed by atoms with Gasteiger partial charge < -0.3 is 9.47 Å². The molecular formula is C12H22O4Si. The van der Waals surface area contributed by atoms with Gasteiger partial charge >= 0.3 is 11.9 Å². The Morgan fingerprint density at radius 1 is 1.18 bits per heavy atom. The van der Waals surface area contributed by atoms with E-state index in [1.54, 1.807) is 0 Å². The van der Waals surface area contributed by atoms with Gasteiger partial charge in [0.25, 0.3) is 0 Å². The van der Waals surface area contributed by atoms with Gasteiger partial charge in [0.1, 0.15) is 0 Å². The Kier molecular flexibility index (Phi) is 4.74. The molecule has 0 saturated carbocycles. The second-order valence-corrected chi connectivity index (χ2v) is 10.8. The third kappa shape index (κ3) is 3.56. The Labute approximate surface area is 104 Å². The minimum Gasteiger partial charge on any atom is -0.468 e. The summed E-state index contributed by atoms with van der Waals surface area (Å²) in [5.41, 5.74) is 0. The van der Waals surface area contributed by atoms with Crippen LogP contribution in [0.5, 0.6) is 0 Å². The van der Waals surface area contributed by atoms with Gasteiger partial charge in [0.05, 0.1) is 14.2 Å². The van der Waals surface area contributed by atoms with Crippen LogP contribution in [-0.2, 0) is 19.1 Å². The first-order valence-electron chi connectivity index (χ1n) is 6.07. The molecule has 0 N–H and O–H groups in total. The molecule has 1 rings (SSSR count). The fraction of sp³-hybridized carbons (Fsp3) is 0.833. The standard InChI is InChI=1S/C12H22O4Si/c1-15-11(13)10(12(14)16-2)9-6-5-7-17(3,4)8-9/h9-10H,5-8H2,1-4H3. The van der Waals surface area contributed by atoms with Crippen LogP contribution in [-0.4, -0.2) is 34.2 Å². The summed E-state index contributed by atoms with van der Waals surface area (Å²) in [6.45, 7) is 4.62. The number of carbonyl (C=O) groups excluding carboxylic acids is 2. The number of rotatable bonds is 3. The van der Waals surface area contributed by atoms with Crippen molar-refractivity contribution in [2.45, 2.75) is 38.0 Å². The maximum absolute atomic E-state index is 11.7. The van der Waals surface area contributed by atoms with Gasteiger partial charge in [0.2, 0.25) is 0 Å². The van der Waals surface area contributed by atoms with Crippen molar-refractivity contribution < 1.29 is 19.1 Å². The smallest absolute Gasteiger partial charge is 0.320 e. The minimum atomic E-state index is -1.25. The highest BCUT2D eigenvalue weighted by molar-refractivity contribution is 6.77. The first kappa shape index (κ1) is 14.2. The third-order valence-electron chi connectivity index (χ3n) is 3.62. The van der Waals surface area contributed by atoms with E-state index in [0.717, 1.165) is 18.9 Å². The van der Waals surface area contributed by atoms with Crippen molar-refractivity contribution in [3.05, 3.63) is 0 Å². The van der Waals surface area contributed by atoms with Crippen molar-refractivity contribution in [3.8, 4) is 0 Å². The maximum atomic E-state index is 11.7. The van der Waals surface area contributed by atoms with Gasteiger partial charge in [-0.05, 0) is 12.3 Å². The maximum Gasteiger partial charge on any atom is 0.320 e. The number of hydrogen-bond donors (Lipinski definition) is 0. The monoisotopic (exact) mass is 258 g/mol. The van der Waals surface area contributed by atoms with Gasteiger partial charge in [-0.25, -0.2) is 0 Å². The van der Waals surface area contributed by atoms with Crippen molar-refractivity contribution >= 4 is 20.0 Å². The van der Waals surface area contributed by atoms with Crippen LogP contribution in [0.2, 0.25) is 25.2 Å². The van der Waals surface area contributed by atoms with Crippen LogP contribution >= 0.6 is 0 Å². The molecule has 0 aliphatic carbocycles. The molecule has 1 fully saturated rings. The molecule has 0 bridgehead atoms. The number of ether oxygens (including phenoxy) is 2. The molecule has 0 aromatic rings. The lowest BCUT2D eigenvalue weighted by molar-refractivity contribution is -0.161. The summed E-state index contributed by atoms with van der Waals surface area (Å²) in [4.78, 5) is 23.4. The molecule has 0 aromatic carbocycles. The van der Waals surface area contributed by atoms with Crippen molar-refractivity contribution in [2.24, 2.45) is 11.8 Å². The first-order chi connectivity index (χ1) is 7.91. The van der Waals surface area contributed by atoms with E-state index in [1.807, 2.05) is 0 Å². The van der Waals surface area contributed by atoms with Crippen LogP contribution in [0.4, 0.5) is 0 Å². The molecule has 0 spiro atoms. The van der Waals surface area contributed by atoms with Gasteiger partial charge in [-0.3, -0.25) is 9.59 Å². The Hall–Kier alpha value is -0.843. The Morgan fingerprint density at radius 3 is 2.12 bits per heavy atom. The van der Waals surface area contributed by atoms with Crippen LogP contribution in [0.3, 0.4) is 0 Å². The number of hydrogen-bond acceptors (Lipinski definition) is 4. The molecule has 17 heavy (non-hydrogen) atoms. The van der Waals surface area contributed by atoms with Crippen LogP contribution < -0.4 is 0 Å². The second kappa shape index (κ2) is 5.66. The van der Waals surface area contributed by atoms with Crippen molar-refractivity contribution in [3.63, 3.8) is 0 Å². The average Bonchev–Trinajstić information content (AvgIpc) is 2.27. The predicted octanol–water partition coefficient (Wildman–Crippen LogP) is 2.07. The van der Waals surface area contributed by atoms with E-state index >= 15 is 0 Å². The van der Waals surface area contributed by atoms with E-state index in [0.29, 0.717) is 0 Å². The largest absolute Gasteiger partial charge is 0.468 e. The highest BCUT2D eigenvalue weighted by Crippen LogP contribution is 2.37. The van der Waals surface area contributed by atoms with E-state index in [4.69, 9.17) is 9.47 Å². The lowest BCUT2D eigenvalue weighted by Crippen LogP contribution is -2.41. The summed E-state index contributed by atoms with van der Waals surface area (Å²) in [5, 5.41) is 0. The fourth-order valence-electron chi connectivity index (χ4n) is 2.78. The fourth-order valence-corrected chi connectivity index (χ4v) is 6.00. The van der Waals surface area contributed by atoms with Crippen molar-refractivity contribution in [1.29, 1.82) is 0 Å². The SMILES string of the molecule is COC(=O)C(C(=O)OC)C1CCC[Si](C)(C)C1. The molecule has 1 atom stereocenters. The van der Waals surface area contributed by atoms with E-state index < -0.39 is 25.9 Å². The number of methoxy groups -OCH3 is 2. The molecule has 1 heterocycles. The van der Waals surface area contributed by atoms with E-state index in [9.17, 15) is 9.59 Å². The average molecular weight is 258 g/mol. The molecule has 1 saturated heterocycles. The summed E-state index contributed by atoms with van der Waals surface area (Å²) in [6.07, 6.45) is 2.03. The zero-order valence-electron chi connectivity index (χ0n) is 11.1. The molecule has 0 amide bonds. The highest BCUT2D eigenvalue weighted by Gasteiger charge is 2.41. The van der Waals surface area contributed by atoms with Gasteiger partial charge in [-0.1, -0.05) is 31.6 Å². The van der Waals surface area contributed by atoms with Crippen LogP contribution in [0.1, 0.15) is 12.8 Å². The number of esters is 2. The van der Waals surface area contributed by atoms with E-state index in [1.165, 1.54) is 20.3 Å². The minimum absolute atomic E-state index is 0.102. The molecule has 98 valence electrons. The van der Waals surface area contributed by atoms with Crippen LogP contribution in [0.15, 0.2) is 0 Å².